The molecule has 0 radical (unpaired) electrons. The minimum Gasteiger partial charge on any atom is -0.352 e. The van der Waals surface area contributed by atoms with Crippen LogP contribution in [0.2, 0.25) is 0 Å². The molecule has 0 fully saturated rings. The van der Waals surface area contributed by atoms with Crippen molar-refractivity contribution in [1.82, 2.24) is 10.3 Å². The van der Waals surface area contributed by atoms with Gasteiger partial charge in [0.15, 0.2) is 0 Å². The molecule has 78 valence electrons. The van der Waals surface area contributed by atoms with Crippen LogP contribution in [0.3, 0.4) is 0 Å². The van der Waals surface area contributed by atoms with Gasteiger partial charge in [0.2, 0.25) is 0 Å². The van der Waals surface area contributed by atoms with Crippen molar-refractivity contribution in [2.24, 2.45) is 0 Å². The first kappa shape index (κ1) is 11.7. The van der Waals surface area contributed by atoms with Crippen LogP contribution in [0.5, 0.6) is 0 Å². The van der Waals surface area contributed by atoms with Gasteiger partial charge in [-0.2, -0.15) is 5.26 Å². The summed E-state index contributed by atoms with van der Waals surface area (Å²) < 4.78 is 0.530. The first-order valence-corrected chi connectivity index (χ1v) is 5.30. The summed E-state index contributed by atoms with van der Waals surface area (Å²) in [4.78, 5) is 15.5. The van der Waals surface area contributed by atoms with Crippen molar-refractivity contribution in [1.29, 1.82) is 5.26 Å². The Labute approximate surface area is 96.4 Å². The van der Waals surface area contributed by atoms with E-state index in [1.165, 1.54) is 0 Å². The molecule has 0 aromatic carbocycles. The Morgan fingerprint density at radius 1 is 1.67 bits per heavy atom. The van der Waals surface area contributed by atoms with Crippen LogP contribution >= 0.6 is 15.9 Å². The first-order valence-electron chi connectivity index (χ1n) is 4.51. The summed E-state index contributed by atoms with van der Waals surface area (Å²) in [6, 6.07) is 5.41. The van der Waals surface area contributed by atoms with Gasteiger partial charge in [0.1, 0.15) is 4.60 Å². The molecule has 1 aromatic rings. The number of amides is 1. The molecule has 1 amide bonds. The molecule has 15 heavy (non-hydrogen) atoms. The van der Waals surface area contributed by atoms with E-state index in [1.54, 1.807) is 18.3 Å². The number of nitrogens with one attached hydrogen (secondary N) is 1. The van der Waals surface area contributed by atoms with Gasteiger partial charge in [-0.05, 0) is 34.5 Å². The smallest absolute Gasteiger partial charge is 0.254 e. The maximum Gasteiger partial charge on any atom is 0.254 e. The number of nitriles is 1. The number of hydrogen-bond donors (Lipinski definition) is 1. The molecule has 1 rings (SSSR count). The van der Waals surface area contributed by atoms with Crippen molar-refractivity contribution in [3.05, 3.63) is 28.5 Å². The van der Waals surface area contributed by atoms with Gasteiger partial charge in [-0.3, -0.25) is 4.79 Å². The van der Waals surface area contributed by atoms with Crippen molar-refractivity contribution >= 4 is 21.8 Å². The van der Waals surface area contributed by atoms with Gasteiger partial charge in [-0.15, -0.1) is 0 Å². The van der Waals surface area contributed by atoms with Crippen molar-refractivity contribution in [2.75, 3.05) is 6.54 Å². The number of hydrogen-bond acceptors (Lipinski definition) is 3. The van der Waals surface area contributed by atoms with Gasteiger partial charge in [-0.1, -0.05) is 0 Å². The van der Waals surface area contributed by atoms with E-state index in [4.69, 9.17) is 5.26 Å². The SMILES string of the molecule is N#CCCCNC(=O)c1cccnc1Br. The number of carbonyl (C=O) groups is 1. The third kappa shape index (κ3) is 3.68. The highest BCUT2D eigenvalue weighted by molar-refractivity contribution is 9.10. The molecule has 0 unspecified atom stereocenters. The third-order valence-electron chi connectivity index (χ3n) is 1.75. The van der Waals surface area contributed by atoms with E-state index in [0.29, 0.717) is 29.6 Å². The van der Waals surface area contributed by atoms with Crippen molar-refractivity contribution in [3.8, 4) is 6.07 Å². The lowest BCUT2D eigenvalue weighted by molar-refractivity contribution is 0.0952. The molecule has 0 aliphatic rings. The third-order valence-corrected chi connectivity index (χ3v) is 2.39. The van der Waals surface area contributed by atoms with Crippen LogP contribution in [0, 0.1) is 11.3 Å². The lowest BCUT2D eigenvalue weighted by Gasteiger charge is -2.04. The van der Waals surface area contributed by atoms with E-state index in [0.717, 1.165) is 0 Å². The molecule has 4 nitrogen and oxygen atoms in total. The van der Waals surface area contributed by atoms with E-state index in [9.17, 15) is 4.79 Å². The number of unbranched alkanes of at least 4 members (excludes halogenated alkanes) is 1. The second kappa shape index (κ2) is 6.14. The molecule has 5 heteroatoms. The molecular formula is C10H10BrN3O. The zero-order chi connectivity index (χ0) is 11.1. The Kier molecular flexibility index (Phi) is 4.78. The standard InChI is InChI=1S/C10H10BrN3O/c11-9-8(4-3-7-13-9)10(15)14-6-2-1-5-12/h3-4,7H,1-2,6H2,(H,14,15). The number of halogens is 1. The minimum absolute atomic E-state index is 0.173. The fourth-order valence-electron chi connectivity index (χ4n) is 1.02. The minimum atomic E-state index is -0.173. The predicted molar refractivity (Wildman–Crippen MR) is 59.1 cm³/mol. The number of pyridine rings is 1. The molecular weight excluding hydrogens is 258 g/mol. The van der Waals surface area contributed by atoms with E-state index in [-0.39, 0.29) is 5.91 Å². The Morgan fingerprint density at radius 2 is 2.47 bits per heavy atom. The highest BCUT2D eigenvalue weighted by Crippen LogP contribution is 2.11. The summed E-state index contributed by atoms with van der Waals surface area (Å²) in [5.74, 6) is -0.173. The van der Waals surface area contributed by atoms with Gasteiger partial charge >= 0.3 is 0 Å². The molecule has 0 saturated carbocycles. The second-order valence-corrected chi connectivity index (χ2v) is 3.61. The molecule has 0 atom stereocenters. The van der Waals surface area contributed by atoms with Crippen LogP contribution < -0.4 is 5.32 Å². The van der Waals surface area contributed by atoms with Crippen molar-refractivity contribution < 1.29 is 4.79 Å². The average molecular weight is 268 g/mol. The number of rotatable bonds is 4. The first-order chi connectivity index (χ1) is 7.25. The molecule has 0 aliphatic heterocycles. The summed E-state index contributed by atoms with van der Waals surface area (Å²) >= 11 is 3.20. The van der Waals surface area contributed by atoms with E-state index < -0.39 is 0 Å². The van der Waals surface area contributed by atoms with E-state index >= 15 is 0 Å². The molecule has 0 saturated heterocycles. The van der Waals surface area contributed by atoms with Gasteiger partial charge < -0.3 is 5.32 Å². The molecule has 1 aromatic heterocycles. The topological polar surface area (TPSA) is 65.8 Å². The van der Waals surface area contributed by atoms with Crippen LogP contribution in [-0.2, 0) is 0 Å². The van der Waals surface area contributed by atoms with Gasteiger partial charge in [0.25, 0.3) is 5.91 Å². The molecule has 1 N–H and O–H groups in total. The molecule has 0 bridgehead atoms. The van der Waals surface area contributed by atoms with Gasteiger partial charge in [0.05, 0.1) is 11.6 Å². The Hall–Kier alpha value is -1.41. The highest BCUT2D eigenvalue weighted by Gasteiger charge is 2.08. The number of carbonyl (C=O) groups excluding carboxylic acids is 1. The number of nitrogens with zero attached hydrogens (tertiary/aromatic N) is 2. The predicted octanol–water partition coefficient (Wildman–Crippen LogP) is 1.88. The zero-order valence-corrected chi connectivity index (χ0v) is 9.62. The van der Waals surface area contributed by atoms with Crippen molar-refractivity contribution in [2.45, 2.75) is 12.8 Å². The normalized spacial score (nSPS) is 9.33. The summed E-state index contributed by atoms with van der Waals surface area (Å²) in [6.45, 7) is 0.508. The summed E-state index contributed by atoms with van der Waals surface area (Å²) in [7, 11) is 0. The molecule has 1 heterocycles. The largest absolute Gasteiger partial charge is 0.352 e. The maximum atomic E-state index is 11.6. The number of aromatic nitrogens is 1. The molecule has 0 spiro atoms. The lowest BCUT2D eigenvalue weighted by atomic mass is 10.2. The van der Waals surface area contributed by atoms with E-state index in [2.05, 4.69) is 26.2 Å². The fourth-order valence-corrected chi connectivity index (χ4v) is 1.45. The van der Waals surface area contributed by atoms with Crippen molar-refractivity contribution in [3.63, 3.8) is 0 Å². The van der Waals surface area contributed by atoms with Gasteiger partial charge in [0, 0.05) is 19.2 Å². The quantitative estimate of drug-likeness (QED) is 0.669. The van der Waals surface area contributed by atoms with Gasteiger partial charge in [-0.25, -0.2) is 4.98 Å². The monoisotopic (exact) mass is 267 g/mol. The second-order valence-electron chi connectivity index (χ2n) is 2.86. The Balaban J connectivity index is 2.48. The summed E-state index contributed by atoms with van der Waals surface area (Å²) in [6.07, 6.45) is 2.73. The van der Waals surface area contributed by atoms with E-state index in [1.807, 2.05) is 6.07 Å². The summed E-state index contributed by atoms with van der Waals surface area (Å²) in [5.41, 5.74) is 0.509. The highest BCUT2D eigenvalue weighted by atomic mass is 79.9. The fraction of sp³-hybridized carbons (Fsp3) is 0.300. The van der Waals surface area contributed by atoms with Crippen LogP contribution in [0.1, 0.15) is 23.2 Å². The lowest BCUT2D eigenvalue weighted by Crippen LogP contribution is -2.24. The van der Waals surface area contributed by atoms with Crippen LogP contribution in [0.25, 0.3) is 0 Å². The van der Waals surface area contributed by atoms with Crippen LogP contribution in [-0.4, -0.2) is 17.4 Å². The maximum absolute atomic E-state index is 11.6. The zero-order valence-electron chi connectivity index (χ0n) is 8.03. The summed E-state index contributed by atoms with van der Waals surface area (Å²) in [5, 5.41) is 11.0. The van der Waals surface area contributed by atoms with Crippen LogP contribution in [0.4, 0.5) is 0 Å². The average Bonchev–Trinajstić information content (AvgIpc) is 2.25. The Bertz CT molecular complexity index is 386. The molecule has 0 aliphatic carbocycles. The Morgan fingerprint density at radius 3 is 3.13 bits per heavy atom. The van der Waals surface area contributed by atoms with Crippen LogP contribution in [0.15, 0.2) is 22.9 Å².